The number of anilines is 1. The highest BCUT2D eigenvalue weighted by Crippen LogP contribution is 2.39. The van der Waals surface area contributed by atoms with Gasteiger partial charge in [-0.2, -0.15) is 0 Å². The van der Waals surface area contributed by atoms with Gasteiger partial charge in [-0.05, 0) is 31.2 Å². The summed E-state index contributed by atoms with van der Waals surface area (Å²) in [7, 11) is 0. The van der Waals surface area contributed by atoms with Gasteiger partial charge in [0.25, 0.3) is 0 Å². The Bertz CT molecular complexity index is 957. The predicted molar refractivity (Wildman–Crippen MR) is 87.4 cm³/mol. The van der Waals surface area contributed by atoms with Crippen molar-refractivity contribution in [3.63, 3.8) is 0 Å². The molecule has 0 atom stereocenters. The van der Waals surface area contributed by atoms with E-state index < -0.39 is 0 Å². The molecule has 0 saturated heterocycles. The fraction of sp³-hybridized carbons (Fsp3) is 0.111. The van der Waals surface area contributed by atoms with Crippen LogP contribution in [0.4, 0.5) is 10.1 Å². The van der Waals surface area contributed by atoms with Crippen LogP contribution in [0.5, 0.6) is 0 Å². The molecule has 0 fully saturated rings. The molecule has 1 amide bonds. The molecule has 0 saturated carbocycles. The molecule has 114 valence electrons. The van der Waals surface area contributed by atoms with Crippen LogP contribution in [-0.4, -0.2) is 15.9 Å². The number of hydrogen-bond acceptors (Lipinski definition) is 2. The van der Waals surface area contributed by atoms with Crippen molar-refractivity contribution in [3.05, 3.63) is 65.4 Å². The van der Waals surface area contributed by atoms with Gasteiger partial charge >= 0.3 is 0 Å². The molecule has 3 aromatic rings. The van der Waals surface area contributed by atoms with Crippen molar-refractivity contribution in [3.8, 4) is 0 Å². The monoisotopic (exact) mass is 307 g/mol. The minimum Gasteiger partial charge on any atom is -0.353 e. The highest BCUT2D eigenvalue weighted by atomic mass is 19.1. The first kappa shape index (κ1) is 13.7. The molecule has 4 nitrogen and oxygen atoms in total. The number of benzene rings is 1. The van der Waals surface area contributed by atoms with E-state index in [1.165, 1.54) is 12.1 Å². The van der Waals surface area contributed by atoms with Gasteiger partial charge in [0.05, 0.1) is 11.4 Å². The van der Waals surface area contributed by atoms with Crippen molar-refractivity contribution in [2.75, 3.05) is 5.32 Å². The molecule has 0 bridgehead atoms. The summed E-state index contributed by atoms with van der Waals surface area (Å²) in [6, 6.07) is 8.34. The van der Waals surface area contributed by atoms with Crippen molar-refractivity contribution in [2.24, 2.45) is 0 Å². The number of pyridine rings is 1. The lowest BCUT2D eigenvalue weighted by Gasteiger charge is -2.09. The predicted octanol–water partition coefficient (Wildman–Crippen LogP) is 3.87. The van der Waals surface area contributed by atoms with Crippen LogP contribution in [0.25, 0.3) is 16.5 Å². The summed E-state index contributed by atoms with van der Waals surface area (Å²) in [6.45, 7) is 1.93. The van der Waals surface area contributed by atoms with E-state index in [1.54, 1.807) is 18.5 Å². The van der Waals surface area contributed by atoms with Crippen LogP contribution in [-0.2, 0) is 4.79 Å². The maximum absolute atomic E-state index is 13.6. The summed E-state index contributed by atoms with van der Waals surface area (Å²) in [5, 5.41) is 3.57. The number of hydrogen-bond donors (Lipinski definition) is 2. The molecular formula is C18H14FN3O. The quantitative estimate of drug-likeness (QED) is 0.717. The third-order valence-electron chi connectivity index (χ3n) is 4.08. The lowest BCUT2D eigenvalue weighted by Crippen LogP contribution is -2.09. The molecule has 2 N–H and O–H groups in total. The topological polar surface area (TPSA) is 57.8 Å². The van der Waals surface area contributed by atoms with Gasteiger partial charge in [0, 0.05) is 40.9 Å². The number of fused-ring (bicyclic) bond motifs is 3. The van der Waals surface area contributed by atoms with E-state index >= 15 is 0 Å². The molecule has 0 unspecified atom stereocenters. The van der Waals surface area contributed by atoms with Crippen LogP contribution < -0.4 is 5.32 Å². The fourth-order valence-corrected chi connectivity index (χ4v) is 3.11. The number of aromatic amines is 1. The zero-order chi connectivity index (χ0) is 16.0. The van der Waals surface area contributed by atoms with Crippen LogP contribution in [0, 0.1) is 5.82 Å². The smallest absolute Gasteiger partial charge is 0.228 e. The SMILES string of the molecule is CC1=C(c2cccnc2)c2[nH]c3ccc(F)cc3c2NC(=O)C1. The van der Waals surface area contributed by atoms with Crippen LogP contribution in [0.1, 0.15) is 24.6 Å². The number of rotatable bonds is 1. The summed E-state index contributed by atoms with van der Waals surface area (Å²) >= 11 is 0. The zero-order valence-electron chi connectivity index (χ0n) is 12.5. The first-order valence-corrected chi connectivity index (χ1v) is 7.35. The molecule has 4 rings (SSSR count). The standard InChI is InChI=1S/C18H14FN3O/c1-10-7-15(23)22-17-13-8-12(19)4-5-14(13)21-18(17)16(10)11-3-2-6-20-9-11/h2-6,8-9,21H,7H2,1H3,(H,22,23). The van der Waals surface area contributed by atoms with Gasteiger partial charge in [-0.15, -0.1) is 0 Å². The van der Waals surface area contributed by atoms with Gasteiger partial charge in [-0.3, -0.25) is 9.78 Å². The Balaban J connectivity index is 2.06. The van der Waals surface area contributed by atoms with Crippen molar-refractivity contribution in [1.29, 1.82) is 0 Å². The van der Waals surface area contributed by atoms with Gasteiger partial charge in [0.1, 0.15) is 5.82 Å². The summed E-state index contributed by atoms with van der Waals surface area (Å²) in [5.41, 5.74) is 5.01. The molecule has 5 heteroatoms. The summed E-state index contributed by atoms with van der Waals surface area (Å²) in [6.07, 6.45) is 3.77. The maximum atomic E-state index is 13.6. The van der Waals surface area contributed by atoms with E-state index in [1.807, 2.05) is 19.1 Å². The average Bonchev–Trinajstić information content (AvgIpc) is 2.80. The number of carbonyl (C=O) groups is 1. The van der Waals surface area contributed by atoms with Crippen molar-refractivity contribution in [2.45, 2.75) is 13.3 Å². The maximum Gasteiger partial charge on any atom is 0.228 e. The molecule has 3 heterocycles. The van der Waals surface area contributed by atoms with Crippen molar-refractivity contribution in [1.82, 2.24) is 9.97 Å². The van der Waals surface area contributed by atoms with Gasteiger partial charge in [0.15, 0.2) is 0 Å². The van der Waals surface area contributed by atoms with Gasteiger partial charge in [-0.1, -0.05) is 11.6 Å². The molecule has 1 aliphatic rings. The van der Waals surface area contributed by atoms with E-state index in [-0.39, 0.29) is 11.7 Å². The normalized spacial score (nSPS) is 14.6. The van der Waals surface area contributed by atoms with E-state index in [0.29, 0.717) is 17.5 Å². The second kappa shape index (κ2) is 5.05. The first-order valence-electron chi connectivity index (χ1n) is 7.35. The van der Waals surface area contributed by atoms with E-state index in [2.05, 4.69) is 15.3 Å². The highest BCUT2D eigenvalue weighted by molar-refractivity contribution is 6.10. The Labute approximate surface area is 132 Å². The van der Waals surface area contributed by atoms with E-state index in [4.69, 9.17) is 0 Å². The lowest BCUT2D eigenvalue weighted by molar-refractivity contribution is -0.115. The van der Waals surface area contributed by atoms with Crippen LogP contribution in [0.15, 0.2) is 48.3 Å². The largest absolute Gasteiger partial charge is 0.353 e. The lowest BCUT2D eigenvalue weighted by atomic mass is 9.97. The highest BCUT2D eigenvalue weighted by Gasteiger charge is 2.24. The summed E-state index contributed by atoms with van der Waals surface area (Å²) < 4.78 is 13.6. The molecule has 2 aromatic heterocycles. The Kier molecular flexibility index (Phi) is 3.01. The number of carbonyl (C=O) groups excluding carboxylic acids is 1. The third-order valence-corrected chi connectivity index (χ3v) is 4.08. The molecule has 0 aliphatic carbocycles. The van der Waals surface area contributed by atoms with Crippen molar-refractivity contribution >= 4 is 28.1 Å². The molecular weight excluding hydrogens is 293 g/mol. The van der Waals surface area contributed by atoms with E-state index in [0.717, 1.165) is 27.9 Å². The summed E-state index contributed by atoms with van der Waals surface area (Å²) in [5.74, 6) is -0.436. The number of nitrogens with zero attached hydrogens (tertiary/aromatic N) is 1. The number of H-pyrrole nitrogens is 1. The molecule has 1 aliphatic heterocycles. The van der Waals surface area contributed by atoms with Crippen LogP contribution >= 0.6 is 0 Å². The van der Waals surface area contributed by atoms with Gasteiger partial charge in [0.2, 0.25) is 5.91 Å². The minimum atomic E-state index is -0.332. The Morgan fingerprint density at radius 1 is 1.26 bits per heavy atom. The number of halogens is 1. The Morgan fingerprint density at radius 3 is 2.91 bits per heavy atom. The van der Waals surface area contributed by atoms with E-state index in [9.17, 15) is 9.18 Å². The van der Waals surface area contributed by atoms with Gasteiger partial charge in [-0.25, -0.2) is 4.39 Å². The zero-order valence-corrected chi connectivity index (χ0v) is 12.5. The minimum absolute atomic E-state index is 0.104. The molecule has 0 spiro atoms. The molecule has 0 radical (unpaired) electrons. The third kappa shape index (κ3) is 2.21. The number of nitrogens with one attached hydrogen (secondary N) is 2. The second-order valence-corrected chi connectivity index (χ2v) is 5.69. The van der Waals surface area contributed by atoms with Crippen LogP contribution in [0.2, 0.25) is 0 Å². The fourth-order valence-electron chi connectivity index (χ4n) is 3.11. The molecule has 1 aromatic carbocycles. The van der Waals surface area contributed by atoms with Crippen LogP contribution in [0.3, 0.4) is 0 Å². The Morgan fingerprint density at radius 2 is 2.13 bits per heavy atom. The first-order chi connectivity index (χ1) is 11.1. The molecule has 23 heavy (non-hydrogen) atoms. The number of aromatic nitrogens is 2. The average molecular weight is 307 g/mol. The number of amides is 1. The van der Waals surface area contributed by atoms with Crippen molar-refractivity contribution < 1.29 is 9.18 Å². The Hall–Kier alpha value is -2.95. The second-order valence-electron chi connectivity index (χ2n) is 5.69. The summed E-state index contributed by atoms with van der Waals surface area (Å²) in [4.78, 5) is 19.7. The van der Waals surface area contributed by atoms with Gasteiger partial charge < -0.3 is 10.3 Å².